The van der Waals surface area contributed by atoms with Crippen LogP contribution in [0.5, 0.6) is 0 Å². The van der Waals surface area contributed by atoms with E-state index >= 15 is 0 Å². The van der Waals surface area contributed by atoms with E-state index in [-0.39, 0.29) is 6.04 Å². The number of rotatable bonds is 7. The number of piperazine rings is 1. The van der Waals surface area contributed by atoms with Crippen molar-refractivity contribution >= 4 is 11.6 Å². The largest absolute Gasteiger partial charge is 0.383 e. The molecule has 0 amide bonds. The summed E-state index contributed by atoms with van der Waals surface area (Å²) in [5.74, 6) is 0.815. The summed E-state index contributed by atoms with van der Waals surface area (Å²) in [7, 11) is 1.68. The van der Waals surface area contributed by atoms with Crippen LogP contribution in [0.2, 0.25) is 5.02 Å². The van der Waals surface area contributed by atoms with E-state index in [2.05, 4.69) is 38.3 Å². The molecule has 1 aliphatic heterocycles. The number of hydrogen-bond donors (Lipinski definition) is 0. The summed E-state index contributed by atoms with van der Waals surface area (Å²) in [5, 5.41) is 13.1. The Labute approximate surface area is 153 Å². The lowest BCUT2D eigenvalue weighted by Gasteiger charge is -2.38. The summed E-state index contributed by atoms with van der Waals surface area (Å²) in [6.45, 7) is 8.46. The van der Waals surface area contributed by atoms with Gasteiger partial charge >= 0.3 is 0 Å². The molecule has 8 heteroatoms. The molecule has 1 aliphatic rings. The van der Waals surface area contributed by atoms with Crippen molar-refractivity contribution in [3.63, 3.8) is 0 Å². The van der Waals surface area contributed by atoms with Gasteiger partial charge in [0.25, 0.3) is 0 Å². The number of likely N-dealkylation sites (N-methyl/N-ethyl adjacent to an activating group) is 1. The van der Waals surface area contributed by atoms with E-state index in [0.717, 1.165) is 49.1 Å². The van der Waals surface area contributed by atoms with Crippen molar-refractivity contribution in [2.45, 2.75) is 19.5 Å². The van der Waals surface area contributed by atoms with Gasteiger partial charge < -0.3 is 9.64 Å². The van der Waals surface area contributed by atoms with Gasteiger partial charge in [-0.25, -0.2) is 4.68 Å². The number of ether oxygens (including phenoxy) is 1. The second-order valence-corrected chi connectivity index (χ2v) is 6.55. The summed E-state index contributed by atoms with van der Waals surface area (Å²) in [5.41, 5.74) is 1.04. The van der Waals surface area contributed by atoms with Crippen molar-refractivity contribution in [3.05, 3.63) is 40.7 Å². The van der Waals surface area contributed by atoms with E-state index in [1.807, 2.05) is 22.9 Å². The van der Waals surface area contributed by atoms with Crippen molar-refractivity contribution in [2.75, 3.05) is 46.4 Å². The molecule has 136 valence electrons. The Kier molecular flexibility index (Phi) is 6.36. The molecule has 0 saturated carbocycles. The minimum atomic E-state index is -0.0560. The molecule has 1 aromatic heterocycles. The molecule has 1 aromatic carbocycles. The highest BCUT2D eigenvalue weighted by molar-refractivity contribution is 6.31. The summed E-state index contributed by atoms with van der Waals surface area (Å²) >= 11 is 6.53. The van der Waals surface area contributed by atoms with Gasteiger partial charge in [0, 0.05) is 38.3 Å². The van der Waals surface area contributed by atoms with Crippen LogP contribution in [0.15, 0.2) is 24.3 Å². The minimum Gasteiger partial charge on any atom is -0.383 e. The zero-order valence-electron chi connectivity index (χ0n) is 14.8. The zero-order chi connectivity index (χ0) is 17.6. The Hall–Kier alpha value is -1.54. The van der Waals surface area contributed by atoms with Gasteiger partial charge in [0.05, 0.1) is 19.2 Å². The third-order valence-corrected chi connectivity index (χ3v) is 5.07. The van der Waals surface area contributed by atoms with Crippen LogP contribution in [-0.2, 0) is 11.3 Å². The van der Waals surface area contributed by atoms with E-state index in [1.54, 1.807) is 7.11 Å². The van der Waals surface area contributed by atoms with Crippen molar-refractivity contribution < 1.29 is 4.74 Å². The van der Waals surface area contributed by atoms with E-state index in [0.29, 0.717) is 13.2 Å². The first kappa shape index (κ1) is 18.3. The lowest BCUT2D eigenvalue weighted by Crippen LogP contribution is -2.48. The second kappa shape index (κ2) is 8.71. The van der Waals surface area contributed by atoms with E-state index in [9.17, 15) is 0 Å². The number of halogens is 1. The van der Waals surface area contributed by atoms with Crippen LogP contribution >= 0.6 is 11.6 Å². The molecule has 0 spiro atoms. The zero-order valence-corrected chi connectivity index (χ0v) is 15.6. The summed E-state index contributed by atoms with van der Waals surface area (Å²) in [6, 6.07) is 7.90. The monoisotopic (exact) mass is 364 g/mol. The normalized spacial score (nSPS) is 17.7. The molecule has 2 aromatic rings. The van der Waals surface area contributed by atoms with Crippen LogP contribution in [0.25, 0.3) is 0 Å². The Balaban J connectivity index is 1.93. The Bertz CT molecular complexity index is 671. The van der Waals surface area contributed by atoms with Crippen LogP contribution in [0.4, 0.5) is 0 Å². The summed E-state index contributed by atoms with van der Waals surface area (Å²) < 4.78 is 7.01. The highest BCUT2D eigenvalue weighted by Gasteiger charge is 2.31. The maximum absolute atomic E-state index is 6.53. The van der Waals surface area contributed by atoms with Crippen LogP contribution in [0.1, 0.15) is 24.4 Å². The van der Waals surface area contributed by atoms with Gasteiger partial charge in [-0.15, -0.1) is 5.10 Å². The van der Waals surface area contributed by atoms with Crippen LogP contribution < -0.4 is 0 Å². The first-order valence-electron chi connectivity index (χ1n) is 8.70. The van der Waals surface area contributed by atoms with Gasteiger partial charge in [-0.05, 0) is 28.6 Å². The molecule has 0 bridgehead atoms. The molecule has 0 radical (unpaired) electrons. The van der Waals surface area contributed by atoms with Crippen LogP contribution in [0.3, 0.4) is 0 Å². The molecule has 1 unspecified atom stereocenters. The van der Waals surface area contributed by atoms with Gasteiger partial charge in [-0.2, -0.15) is 0 Å². The topological polar surface area (TPSA) is 59.3 Å². The number of tetrazole rings is 1. The summed E-state index contributed by atoms with van der Waals surface area (Å²) in [4.78, 5) is 4.87. The molecule has 2 heterocycles. The number of benzene rings is 1. The minimum absolute atomic E-state index is 0.0560. The van der Waals surface area contributed by atoms with Crippen LogP contribution in [0, 0.1) is 0 Å². The average Bonchev–Trinajstić information content (AvgIpc) is 3.10. The molecule has 25 heavy (non-hydrogen) atoms. The van der Waals surface area contributed by atoms with Gasteiger partial charge in [-0.1, -0.05) is 36.7 Å². The Morgan fingerprint density at radius 2 is 1.96 bits per heavy atom. The number of aromatic nitrogens is 4. The SMILES string of the molecule is CCN1CCN(C(c2ccccc2Cl)c2nnnn2CCOC)CC1. The molecule has 3 rings (SSSR count). The van der Waals surface area contributed by atoms with Crippen molar-refractivity contribution in [1.29, 1.82) is 0 Å². The fourth-order valence-electron chi connectivity index (χ4n) is 3.28. The fourth-order valence-corrected chi connectivity index (χ4v) is 3.52. The maximum Gasteiger partial charge on any atom is 0.173 e. The first-order chi connectivity index (χ1) is 12.2. The lowest BCUT2D eigenvalue weighted by molar-refractivity contribution is 0.107. The lowest BCUT2D eigenvalue weighted by atomic mass is 10.0. The quantitative estimate of drug-likeness (QED) is 0.745. The van der Waals surface area contributed by atoms with E-state index < -0.39 is 0 Å². The highest BCUT2D eigenvalue weighted by atomic mass is 35.5. The second-order valence-electron chi connectivity index (χ2n) is 6.15. The van der Waals surface area contributed by atoms with Crippen molar-refractivity contribution in [1.82, 2.24) is 30.0 Å². The van der Waals surface area contributed by atoms with E-state index in [4.69, 9.17) is 16.3 Å². The fraction of sp³-hybridized carbons (Fsp3) is 0.588. The average molecular weight is 365 g/mol. The van der Waals surface area contributed by atoms with E-state index in [1.165, 1.54) is 0 Å². The Morgan fingerprint density at radius 3 is 2.64 bits per heavy atom. The number of methoxy groups -OCH3 is 1. The van der Waals surface area contributed by atoms with Gasteiger partial charge in [0.1, 0.15) is 0 Å². The molecule has 0 aliphatic carbocycles. The molecular weight excluding hydrogens is 340 g/mol. The first-order valence-corrected chi connectivity index (χ1v) is 9.08. The number of hydrogen-bond acceptors (Lipinski definition) is 6. The highest BCUT2D eigenvalue weighted by Crippen LogP contribution is 2.32. The maximum atomic E-state index is 6.53. The third kappa shape index (κ3) is 4.17. The molecular formula is C17H25ClN6O. The molecule has 0 N–H and O–H groups in total. The van der Waals surface area contributed by atoms with Gasteiger partial charge in [0.15, 0.2) is 5.82 Å². The van der Waals surface area contributed by atoms with Crippen molar-refractivity contribution in [2.24, 2.45) is 0 Å². The third-order valence-electron chi connectivity index (χ3n) is 4.73. The predicted molar refractivity (Wildman–Crippen MR) is 96.7 cm³/mol. The summed E-state index contributed by atoms with van der Waals surface area (Å²) in [6.07, 6.45) is 0. The molecule has 1 atom stereocenters. The van der Waals surface area contributed by atoms with Crippen molar-refractivity contribution in [3.8, 4) is 0 Å². The van der Waals surface area contributed by atoms with Crippen LogP contribution in [-0.4, -0.2) is 76.4 Å². The number of nitrogens with zero attached hydrogens (tertiary/aromatic N) is 6. The molecule has 7 nitrogen and oxygen atoms in total. The van der Waals surface area contributed by atoms with Gasteiger partial charge in [-0.3, -0.25) is 4.90 Å². The molecule has 1 fully saturated rings. The standard InChI is InChI=1S/C17H25ClN6O/c1-3-22-8-10-23(11-9-22)16(14-6-4-5-7-15(14)18)17-19-20-21-24(17)12-13-25-2/h4-7,16H,3,8-13H2,1-2H3. The predicted octanol–water partition coefficient (Wildman–Crippen LogP) is 1.70. The van der Waals surface area contributed by atoms with Gasteiger partial charge in [0.2, 0.25) is 0 Å². The smallest absolute Gasteiger partial charge is 0.173 e. The molecule has 1 saturated heterocycles. The Morgan fingerprint density at radius 1 is 1.20 bits per heavy atom.